The van der Waals surface area contributed by atoms with Crippen molar-refractivity contribution in [2.45, 2.75) is 0 Å². The quantitative estimate of drug-likeness (QED) is 0.176. The van der Waals surface area contributed by atoms with Crippen LogP contribution in [0.3, 0.4) is 0 Å². The van der Waals surface area contributed by atoms with Gasteiger partial charge in [-0.3, -0.25) is 0 Å². The number of nitrogens with zero attached hydrogens (tertiary/aromatic N) is 1. The summed E-state index contributed by atoms with van der Waals surface area (Å²) in [7, 11) is 0. The lowest BCUT2D eigenvalue weighted by Crippen LogP contribution is -2.09. The first-order valence-electron chi connectivity index (χ1n) is 18.9. The van der Waals surface area contributed by atoms with Crippen LogP contribution in [-0.2, 0) is 0 Å². The first kappa shape index (κ1) is 31.2. The lowest BCUT2D eigenvalue weighted by Gasteiger charge is -2.26. The zero-order chi connectivity index (χ0) is 36.7. The van der Waals surface area contributed by atoms with Gasteiger partial charge in [0, 0.05) is 54.0 Å². The molecule has 12 aromatic rings. The van der Waals surface area contributed by atoms with Gasteiger partial charge < -0.3 is 13.7 Å². The van der Waals surface area contributed by atoms with E-state index in [2.05, 4.69) is 181 Å². The number of para-hydroxylation sites is 3. The molecule has 0 unspecified atom stereocenters. The molecule has 12 rings (SSSR count). The first-order valence-corrected chi connectivity index (χ1v) is 19.7. The summed E-state index contributed by atoms with van der Waals surface area (Å²) in [5.74, 6) is 0. The Morgan fingerprint density at radius 3 is 1.91 bits per heavy atom. The van der Waals surface area contributed by atoms with Gasteiger partial charge in [0.2, 0.25) is 0 Å². The average Bonchev–Trinajstić information content (AvgIpc) is 3.95. The predicted octanol–water partition coefficient (Wildman–Crippen LogP) is 15.8. The van der Waals surface area contributed by atoms with Gasteiger partial charge in [0.1, 0.15) is 22.3 Å². The fourth-order valence-electron chi connectivity index (χ4n) is 8.56. The van der Waals surface area contributed by atoms with Crippen LogP contribution >= 0.6 is 11.3 Å². The molecule has 0 radical (unpaired) electrons. The standard InChI is InChI=1S/C52H31NO2S/c1-2-12-37(13-3-1)53(38-24-20-32-10-4-5-11-33(32)28-38)46-18-9-17-45-43-27-23-36(31-50(43)56-52(45)46)39-15-8-16-44-42-26-22-35(30-49(42)55-51(39)44)34-21-25-41-40-14-6-7-19-47(40)54-48(41)29-34/h1-31H. The van der Waals surface area contributed by atoms with Gasteiger partial charge in [-0.15, -0.1) is 11.3 Å². The highest BCUT2D eigenvalue weighted by Crippen LogP contribution is 2.47. The fourth-order valence-corrected chi connectivity index (χ4v) is 9.80. The van der Waals surface area contributed by atoms with Gasteiger partial charge in [0.15, 0.2) is 0 Å². The number of anilines is 3. The van der Waals surface area contributed by atoms with E-state index in [4.69, 9.17) is 8.83 Å². The molecule has 0 aliphatic carbocycles. The maximum Gasteiger partial charge on any atom is 0.143 e. The van der Waals surface area contributed by atoms with Gasteiger partial charge >= 0.3 is 0 Å². The minimum absolute atomic E-state index is 0.872. The van der Waals surface area contributed by atoms with Crippen molar-refractivity contribution >= 4 is 103 Å². The zero-order valence-corrected chi connectivity index (χ0v) is 30.9. The first-order chi connectivity index (χ1) is 27.7. The molecule has 56 heavy (non-hydrogen) atoms. The summed E-state index contributed by atoms with van der Waals surface area (Å²) < 4.78 is 15.5. The molecule has 0 spiro atoms. The second kappa shape index (κ2) is 12.2. The van der Waals surface area contributed by atoms with Gasteiger partial charge in [-0.25, -0.2) is 0 Å². The SMILES string of the molecule is c1ccc(N(c2ccc3ccccc3c2)c2cccc3c2sc2cc(-c4cccc5c4oc4cc(-c6ccc7c(c6)oc6ccccc67)ccc45)ccc23)cc1. The molecular weight excluding hydrogens is 703 g/mol. The van der Waals surface area contributed by atoms with E-state index in [-0.39, 0.29) is 0 Å². The molecule has 0 N–H and O–H groups in total. The topological polar surface area (TPSA) is 29.5 Å². The summed E-state index contributed by atoms with van der Waals surface area (Å²) in [4.78, 5) is 2.39. The Morgan fingerprint density at radius 1 is 0.375 bits per heavy atom. The highest BCUT2D eigenvalue weighted by atomic mass is 32.1. The second-order valence-corrected chi connectivity index (χ2v) is 15.5. The van der Waals surface area contributed by atoms with Crippen molar-refractivity contribution in [3.05, 3.63) is 188 Å². The number of benzene rings is 9. The van der Waals surface area contributed by atoms with Crippen molar-refractivity contribution in [2.24, 2.45) is 0 Å². The minimum Gasteiger partial charge on any atom is -0.456 e. The van der Waals surface area contributed by atoms with Crippen molar-refractivity contribution in [2.75, 3.05) is 4.90 Å². The van der Waals surface area contributed by atoms with Gasteiger partial charge in [-0.1, -0.05) is 121 Å². The Hall–Kier alpha value is -7.14. The molecule has 0 bridgehead atoms. The van der Waals surface area contributed by atoms with E-state index in [1.165, 1.54) is 36.6 Å². The predicted molar refractivity (Wildman–Crippen MR) is 237 cm³/mol. The summed E-state index contributed by atoms with van der Waals surface area (Å²) in [6.07, 6.45) is 0. The van der Waals surface area contributed by atoms with E-state index in [1.54, 1.807) is 0 Å². The average molecular weight is 734 g/mol. The van der Waals surface area contributed by atoms with Crippen LogP contribution in [0.1, 0.15) is 0 Å². The molecule has 3 nitrogen and oxygen atoms in total. The van der Waals surface area contributed by atoms with Crippen molar-refractivity contribution in [3.8, 4) is 22.3 Å². The second-order valence-electron chi connectivity index (χ2n) is 14.5. The van der Waals surface area contributed by atoms with Gasteiger partial charge in [-0.05, 0) is 94.2 Å². The third-order valence-corrected chi connectivity index (χ3v) is 12.4. The van der Waals surface area contributed by atoms with Gasteiger partial charge in [0.05, 0.1) is 10.4 Å². The molecule has 0 fully saturated rings. The van der Waals surface area contributed by atoms with Crippen LogP contribution in [0.4, 0.5) is 17.1 Å². The summed E-state index contributed by atoms with van der Waals surface area (Å²) in [6.45, 7) is 0. The molecule has 3 aromatic heterocycles. The highest BCUT2D eigenvalue weighted by molar-refractivity contribution is 7.26. The maximum absolute atomic E-state index is 6.76. The van der Waals surface area contributed by atoms with Crippen LogP contribution in [0.25, 0.3) is 97.1 Å². The van der Waals surface area contributed by atoms with E-state index in [0.717, 1.165) is 77.5 Å². The third-order valence-electron chi connectivity index (χ3n) is 11.2. The smallest absolute Gasteiger partial charge is 0.143 e. The van der Waals surface area contributed by atoms with Crippen molar-refractivity contribution in [1.82, 2.24) is 0 Å². The minimum atomic E-state index is 0.872. The van der Waals surface area contributed by atoms with E-state index in [0.29, 0.717) is 0 Å². The molecule has 0 saturated heterocycles. The number of rotatable bonds is 5. The maximum atomic E-state index is 6.76. The number of furan rings is 2. The number of hydrogen-bond donors (Lipinski definition) is 0. The van der Waals surface area contributed by atoms with Gasteiger partial charge in [-0.2, -0.15) is 0 Å². The molecular formula is C52H31NO2S. The summed E-state index contributed by atoms with van der Waals surface area (Å²) >= 11 is 1.85. The molecule has 0 aliphatic rings. The van der Waals surface area contributed by atoms with E-state index in [9.17, 15) is 0 Å². The lowest BCUT2D eigenvalue weighted by molar-refractivity contribution is 0.668. The van der Waals surface area contributed by atoms with Crippen molar-refractivity contribution in [1.29, 1.82) is 0 Å². The Labute approximate surface area is 325 Å². The highest BCUT2D eigenvalue weighted by Gasteiger charge is 2.20. The molecule has 3 heterocycles. The molecule has 262 valence electrons. The molecule has 4 heteroatoms. The lowest BCUT2D eigenvalue weighted by atomic mass is 9.99. The molecule has 0 aliphatic heterocycles. The van der Waals surface area contributed by atoms with E-state index < -0.39 is 0 Å². The molecule has 0 amide bonds. The number of fused-ring (bicyclic) bond motifs is 10. The Bertz CT molecular complexity index is 3500. The molecule has 9 aromatic carbocycles. The molecule has 0 atom stereocenters. The van der Waals surface area contributed by atoms with Crippen molar-refractivity contribution < 1.29 is 8.83 Å². The van der Waals surface area contributed by atoms with Crippen LogP contribution in [0, 0.1) is 0 Å². The Kier molecular flexibility index (Phi) is 6.80. The number of thiophene rings is 1. The largest absolute Gasteiger partial charge is 0.456 e. The number of hydrogen-bond acceptors (Lipinski definition) is 4. The van der Waals surface area contributed by atoms with Crippen LogP contribution in [0.2, 0.25) is 0 Å². The van der Waals surface area contributed by atoms with Gasteiger partial charge in [0.25, 0.3) is 0 Å². The van der Waals surface area contributed by atoms with Crippen molar-refractivity contribution in [3.63, 3.8) is 0 Å². The summed E-state index contributed by atoms with van der Waals surface area (Å²) in [6, 6.07) is 67.2. The summed E-state index contributed by atoms with van der Waals surface area (Å²) in [5.41, 5.74) is 11.4. The van der Waals surface area contributed by atoms with Crippen LogP contribution in [0.15, 0.2) is 197 Å². The molecule has 0 saturated carbocycles. The third kappa shape index (κ3) is 4.83. The Morgan fingerprint density at radius 2 is 1.04 bits per heavy atom. The van der Waals surface area contributed by atoms with E-state index in [1.807, 2.05) is 23.5 Å². The van der Waals surface area contributed by atoms with Crippen LogP contribution in [0.5, 0.6) is 0 Å². The zero-order valence-electron chi connectivity index (χ0n) is 30.1. The Balaban J connectivity index is 0.968. The van der Waals surface area contributed by atoms with Crippen LogP contribution in [-0.4, -0.2) is 0 Å². The summed E-state index contributed by atoms with van der Waals surface area (Å²) in [5, 5.41) is 9.46. The normalized spacial score (nSPS) is 11.9. The van der Waals surface area contributed by atoms with Crippen LogP contribution < -0.4 is 4.90 Å². The van der Waals surface area contributed by atoms with E-state index >= 15 is 0 Å². The fraction of sp³-hybridized carbons (Fsp3) is 0. The monoisotopic (exact) mass is 733 g/mol.